The van der Waals surface area contributed by atoms with Crippen LogP contribution in [0.25, 0.3) is 10.2 Å². The first-order valence-corrected chi connectivity index (χ1v) is 6.94. The van der Waals surface area contributed by atoms with Gasteiger partial charge in [-0.15, -0.1) is 11.3 Å². The van der Waals surface area contributed by atoms with Crippen molar-refractivity contribution in [3.63, 3.8) is 0 Å². The zero-order valence-electron chi connectivity index (χ0n) is 11.4. The Balaban J connectivity index is 2.89. The van der Waals surface area contributed by atoms with Gasteiger partial charge in [-0.25, -0.2) is 9.78 Å². The van der Waals surface area contributed by atoms with Crippen LogP contribution in [0.1, 0.15) is 36.2 Å². The first-order valence-electron chi connectivity index (χ1n) is 6.12. The molecule has 1 N–H and O–H groups in total. The van der Waals surface area contributed by atoms with E-state index in [0.29, 0.717) is 22.5 Å². The highest BCUT2D eigenvalue weighted by Crippen LogP contribution is 2.27. The first-order chi connectivity index (χ1) is 8.88. The number of aromatic nitrogens is 2. The topological polar surface area (TPSA) is 72.2 Å². The normalized spacial score (nSPS) is 12.8. The van der Waals surface area contributed by atoms with Crippen LogP contribution in [0.4, 0.5) is 0 Å². The summed E-state index contributed by atoms with van der Waals surface area (Å²) in [5.41, 5.74) is 0.644. The smallest absolute Gasteiger partial charge is 0.326 e. The summed E-state index contributed by atoms with van der Waals surface area (Å²) in [4.78, 5) is 29.9. The van der Waals surface area contributed by atoms with Gasteiger partial charge in [-0.3, -0.25) is 9.36 Å². The van der Waals surface area contributed by atoms with E-state index >= 15 is 0 Å². The Hall–Kier alpha value is -1.69. The van der Waals surface area contributed by atoms with Crippen molar-refractivity contribution in [2.45, 2.75) is 40.2 Å². The third-order valence-electron chi connectivity index (χ3n) is 3.37. The Morgan fingerprint density at radius 1 is 1.47 bits per heavy atom. The predicted molar refractivity (Wildman–Crippen MR) is 75.1 cm³/mol. The van der Waals surface area contributed by atoms with Gasteiger partial charge in [0.25, 0.3) is 5.56 Å². The molecule has 0 saturated carbocycles. The fourth-order valence-electron chi connectivity index (χ4n) is 2.11. The molecule has 0 saturated heterocycles. The van der Waals surface area contributed by atoms with Gasteiger partial charge in [0.05, 0.1) is 5.39 Å². The van der Waals surface area contributed by atoms with Gasteiger partial charge in [-0.05, 0) is 26.3 Å². The lowest BCUT2D eigenvalue weighted by atomic mass is 10.2. The van der Waals surface area contributed by atoms with Gasteiger partial charge in [-0.2, -0.15) is 0 Å². The maximum atomic E-state index is 12.6. The van der Waals surface area contributed by atoms with Crippen molar-refractivity contribution >= 4 is 27.5 Å². The highest BCUT2D eigenvalue weighted by Gasteiger charge is 2.22. The van der Waals surface area contributed by atoms with E-state index in [9.17, 15) is 9.59 Å². The molecule has 2 heterocycles. The monoisotopic (exact) mass is 280 g/mol. The molecule has 0 fully saturated rings. The van der Waals surface area contributed by atoms with E-state index < -0.39 is 12.0 Å². The molecule has 6 heteroatoms. The van der Waals surface area contributed by atoms with Gasteiger partial charge in [0, 0.05) is 11.3 Å². The summed E-state index contributed by atoms with van der Waals surface area (Å²) in [6, 6.07) is -0.904. The fraction of sp³-hybridized carbons (Fsp3) is 0.462. The molecule has 0 radical (unpaired) electrons. The average Bonchev–Trinajstić information content (AvgIpc) is 2.64. The molecule has 0 aromatic carbocycles. The van der Waals surface area contributed by atoms with E-state index in [2.05, 4.69) is 4.98 Å². The molecule has 1 unspecified atom stereocenters. The molecule has 2 aromatic rings. The number of nitrogens with zero attached hydrogens (tertiary/aromatic N) is 2. The van der Waals surface area contributed by atoms with Gasteiger partial charge in [0.1, 0.15) is 16.7 Å². The van der Waals surface area contributed by atoms with Crippen molar-refractivity contribution < 1.29 is 9.90 Å². The molecule has 0 amide bonds. The van der Waals surface area contributed by atoms with Crippen LogP contribution < -0.4 is 5.56 Å². The minimum Gasteiger partial charge on any atom is -0.480 e. The van der Waals surface area contributed by atoms with Crippen LogP contribution in [0.2, 0.25) is 0 Å². The number of carboxylic acids is 1. The zero-order valence-corrected chi connectivity index (χ0v) is 12.2. The van der Waals surface area contributed by atoms with Crippen LogP contribution in [-0.2, 0) is 11.2 Å². The maximum Gasteiger partial charge on any atom is 0.326 e. The summed E-state index contributed by atoms with van der Waals surface area (Å²) in [6.45, 7) is 7.19. The quantitative estimate of drug-likeness (QED) is 0.936. The van der Waals surface area contributed by atoms with Crippen molar-refractivity contribution in [2.24, 2.45) is 0 Å². The lowest BCUT2D eigenvalue weighted by molar-refractivity contribution is -0.140. The Kier molecular flexibility index (Phi) is 3.45. The molecule has 0 spiro atoms. The van der Waals surface area contributed by atoms with Gasteiger partial charge < -0.3 is 5.11 Å². The van der Waals surface area contributed by atoms with Crippen LogP contribution in [0.15, 0.2) is 4.79 Å². The molecule has 19 heavy (non-hydrogen) atoms. The van der Waals surface area contributed by atoms with Gasteiger partial charge >= 0.3 is 5.97 Å². The van der Waals surface area contributed by atoms with Crippen molar-refractivity contribution in [1.29, 1.82) is 0 Å². The number of hydrogen-bond acceptors (Lipinski definition) is 4. The zero-order chi connectivity index (χ0) is 14.3. The van der Waals surface area contributed by atoms with Crippen LogP contribution in [-0.4, -0.2) is 20.6 Å². The molecule has 0 aliphatic rings. The van der Waals surface area contributed by atoms with E-state index in [1.807, 2.05) is 20.8 Å². The Bertz CT molecular complexity index is 715. The maximum absolute atomic E-state index is 12.6. The largest absolute Gasteiger partial charge is 0.480 e. The van der Waals surface area contributed by atoms with Crippen molar-refractivity contribution in [2.75, 3.05) is 0 Å². The van der Waals surface area contributed by atoms with E-state index in [0.717, 1.165) is 10.4 Å². The highest BCUT2D eigenvalue weighted by atomic mass is 32.1. The number of hydrogen-bond donors (Lipinski definition) is 1. The molecular weight excluding hydrogens is 264 g/mol. The number of aliphatic carboxylic acids is 1. The van der Waals surface area contributed by atoms with E-state index in [1.165, 1.54) is 22.8 Å². The van der Waals surface area contributed by atoms with Crippen LogP contribution in [0.3, 0.4) is 0 Å². The molecule has 1 atom stereocenters. The molecule has 0 aliphatic carbocycles. The number of carbonyl (C=O) groups is 1. The third-order valence-corrected chi connectivity index (χ3v) is 4.47. The van der Waals surface area contributed by atoms with Crippen LogP contribution in [0, 0.1) is 13.8 Å². The van der Waals surface area contributed by atoms with Gasteiger partial charge in [-0.1, -0.05) is 6.92 Å². The molecular formula is C13H16N2O3S. The summed E-state index contributed by atoms with van der Waals surface area (Å²) in [6.07, 6.45) is 0.527. The minimum atomic E-state index is -1.03. The lowest BCUT2D eigenvalue weighted by Crippen LogP contribution is -2.31. The second-order valence-electron chi connectivity index (χ2n) is 4.53. The third kappa shape index (κ3) is 2.06. The second-order valence-corrected chi connectivity index (χ2v) is 5.74. The summed E-state index contributed by atoms with van der Waals surface area (Å²) < 4.78 is 1.30. The standard InChI is InChI=1S/C13H16N2O3S/c1-5-9-14-11-10(6(2)8(4)19-11)12(16)15(9)7(3)13(17)18/h7H,5H2,1-4H3,(H,17,18). The fourth-order valence-corrected chi connectivity index (χ4v) is 3.15. The molecule has 102 valence electrons. The summed E-state index contributed by atoms with van der Waals surface area (Å²) in [5, 5.41) is 9.69. The Morgan fingerprint density at radius 2 is 2.11 bits per heavy atom. The van der Waals surface area contributed by atoms with Crippen molar-refractivity contribution in [3.8, 4) is 0 Å². The van der Waals surface area contributed by atoms with Crippen LogP contribution in [0.5, 0.6) is 0 Å². The molecule has 2 aromatic heterocycles. The lowest BCUT2D eigenvalue weighted by Gasteiger charge is -2.15. The van der Waals surface area contributed by atoms with E-state index in [-0.39, 0.29) is 5.56 Å². The molecule has 2 rings (SSSR count). The summed E-state index contributed by atoms with van der Waals surface area (Å²) in [5.74, 6) is -0.504. The van der Waals surface area contributed by atoms with Crippen molar-refractivity contribution in [1.82, 2.24) is 9.55 Å². The Labute approximate surface area is 114 Å². The average molecular weight is 280 g/mol. The Morgan fingerprint density at radius 3 is 2.63 bits per heavy atom. The second kappa shape index (κ2) is 4.77. The number of rotatable bonds is 3. The SMILES string of the molecule is CCc1nc2sc(C)c(C)c2c(=O)n1C(C)C(=O)O. The van der Waals surface area contributed by atoms with E-state index in [1.54, 1.807) is 0 Å². The number of aryl methyl sites for hydroxylation is 3. The molecule has 5 nitrogen and oxygen atoms in total. The predicted octanol–water partition coefficient (Wildman–Crippen LogP) is 2.28. The summed E-state index contributed by atoms with van der Waals surface area (Å²) in [7, 11) is 0. The van der Waals surface area contributed by atoms with Crippen molar-refractivity contribution in [3.05, 3.63) is 26.6 Å². The highest BCUT2D eigenvalue weighted by molar-refractivity contribution is 7.18. The number of fused-ring (bicyclic) bond motifs is 1. The number of carboxylic acid groups (broad SMARTS) is 1. The van der Waals surface area contributed by atoms with Gasteiger partial charge in [0.15, 0.2) is 0 Å². The number of thiophene rings is 1. The summed E-state index contributed by atoms with van der Waals surface area (Å²) >= 11 is 1.48. The molecule has 0 aliphatic heterocycles. The van der Waals surface area contributed by atoms with Crippen LogP contribution >= 0.6 is 11.3 Å². The van der Waals surface area contributed by atoms with E-state index in [4.69, 9.17) is 5.11 Å². The first kappa shape index (κ1) is 13.7. The molecule has 0 bridgehead atoms. The minimum absolute atomic E-state index is 0.251. The van der Waals surface area contributed by atoms with Gasteiger partial charge in [0.2, 0.25) is 0 Å².